The van der Waals surface area contributed by atoms with Crippen molar-refractivity contribution >= 4 is 0 Å². The number of benzene rings is 1. The summed E-state index contributed by atoms with van der Waals surface area (Å²) in [5.41, 5.74) is 8.42. The van der Waals surface area contributed by atoms with Gasteiger partial charge in [0.25, 0.3) is 0 Å². The molecule has 1 aromatic rings. The smallest absolute Gasteiger partial charge is 0.123 e. The minimum absolute atomic E-state index is 0.158. The van der Waals surface area contributed by atoms with Crippen LogP contribution in [-0.2, 0) is 5.41 Å². The zero-order valence-corrected chi connectivity index (χ0v) is 10.5. The Morgan fingerprint density at radius 1 is 1.41 bits per heavy atom. The molecule has 0 aromatic heterocycles. The summed E-state index contributed by atoms with van der Waals surface area (Å²) in [6.45, 7) is 7.13. The summed E-state index contributed by atoms with van der Waals surface area (Å²) in [6, 6.07) is 8.27. The van der Waals surface area contributed by atoms with E-state index in [-0.39, 0.29) is 5.41 Å². The second-order valence-electron chi connectivity index (χ2n) is 5.08. The minimum atomic E-state index is 0.158. The van der Waals surface area contributed by atoms with Crippen molar-refractivity contribution in [3.05, 3.63) is 42.0 Å². The zero-order valence-electron chi connectivity index (χ0n) is 10.5. The first-order valence-corrected chi connectivity index (χ1v) is 6.25. The van der Waals surface area contributed by atoms with Gasteiger partial charge in [-0.05, 0) is 31.4 Å². The minimum Gasteiger partial charge on any atom is -0.489 e. The zero-order chi connectivity index (χ0) is 12.3. The van der Waals surface area contributed by atoms with Gasteiger partial charge in [0.2, 0.25) is 0 Å². The molecule has 2 N–H and O–H groups in total. The molecule has 0 amide bonds. The van der Waals surface area contributed by atoms with Gasteiger partial charge in [-0.2, -0.15) is 0 Å². The molecule has 0 aliphatic heterocycles. The lowest BCUT2D eigenvalue weighted by molar-refractivity contribution is 0.239. The predicted molar refractivity (Wildman–Crippen MR) is 71.3 cm³/mol. The lowest BCUT2D eigenvalue weighted by Gasteiger charge is -2.42. The van der Waals surface area contributed by atoms with Gasteiger partial charge in [-0.1, -0.05) is 31.2 Å². The van der Waals surface area contributed by atoms with E-state index in [1.54, 1.807) is 0 Å². The van der Waals surface area contributed by atoms with Crippen LogP contribution < -0.4 is 10.5 Å². The Labute approximate surface area is 103 Å². The van der Waals surface area contributed by atoms with Crippen molar-refractivity contribution in [1.82, 2.24) is 0 Å². The molecule has 2 nitrogen and oxygen atoms in total. The first kappa shape index (κ1) is 12.2. The number of nitrogens with two attached hydrogens (primary N) is 1. The van der Waals surface area contributed by atoms with Crippen LogP contribution in [0.25, 0.3) is 0 Å². The molecule has 0 unspecified atom stereocenters. The van der Waals surface area contributed by atoms with Gasteiger partial charge >= 0.3 is 0 Å². The van der Waals surface area contributed by atoms with Crippen LogP contribution in [0.2, 0.25) is 0 Å². The van der Waals surface area contributed by atoms with Gasteiger partial charge in [0.05, 0.1) is 0 Å². The average Bonchev–Trinajstić information content (AvgIpc) is 2.27. The summed E-state index contributed by atoms with van der Waals surface area (Å²) >= 11 is 0. The number of para-hydroxylation sites is 1. The normalized spacial score (nSPS) is 17.3. The molecule has 0 bridgehead atoms. The number of rotatable bonds is 5. The van der Waals surface area contributed by atoms with Gasteiger partial charge in [0.15, 0.2) is 0 Å². The van der Waals surface area contributed by atoms with Crippen molar-refractivity contribution in [3.63, 3.8) is 0 Å². The first-order valence-electron chi connectivity index (χ1n) is 6.25. The van der Waals surface area contributed by atoms with Gasteiger partial charge in [-0.3, -0.25) is 0 Å². The van der Waals surface area contributed by atoms with Gasteiger partial charge in [-0.25, -0.2) is 0 Å². The third-order valence-corrected chi connectivity index (χ3v) is 3.63. The third kappa shape index (κ3) is 2.37. The highest BCUT2D eigenvalue weighted by Crippen LogP contribution is 2.46. The molecule has 1 aromatic carbocycles. The highest BCUT2D eigenvalue weighted by molar-refractivity contribution is 5.41. The molecule has 0 radical (unpaired) electrons. The fourth-order valence-corrected chi connectivity index (χ4v) is 2.42. The maximum Gasteiger partial charge on any atom is 0.123 e. The van der Waals surface area contributed by atoms with Crippen LogP contribution in [0.4, 0.5) is 0 Å². The molecule has 0 spiro atoms. The molecule has 1 aliphatic carbocycles. The Morgan fingerprint density at radius 3 is 2.65 bits per heavy atom. The monoisotopic (exact) mass is 231 g/mol. The summed E-state index contributed by atoms with van der Waals surface area (Å²) in [6.07, 6.45) is 3.62. The largest absolute Gasteiger partial charge is 0.489 e. The topological polar surface area (TPSA) is 35.2 Å². The lowest BCUT2D eigenvalue weighted by Crippen LogP contribution is -2.41. The van der Waals surface area contributed by atoms with Gasteiger partial charge in [0.1, 0.15) is 12.4 Å². The lowest BCUT2D eigenvalue weighted by atomic mass is 9.64. The van der Waals surface area contributed by atoms with E-state index in [2.05, 4.69) is 18.7 Å². The summed E-state index contributed by atoms with van der Waals surface area (Å²) in [4.78, 5) is 0. The number of hydrogen-bond acceptors (Lipinski definition) is 2. The van der Waals surface area contributed by atoms with Crippen molar-refractivity contribution in [2.24, 2.45) is 5.73 Å². The quantitative estimate of drug-likeness (QED) is 0.791. The molecule has 0 atom stereocenters. The Hall–Kier alpha value is -1.28. The Morgan fingerprint density at radius 2 is 2.12 bits per heavy atom. The van der Waals surface area contributed by atoms with Crippen LogP contribution in [0.15, 0.2) is 36.4 Å². The van der Waals surface area contributed by atoms with Crippen LogP contribution in [0, 0.1) is 0 Å². The molecule has 0 heterocycles. The summed E-state index contributed by atoms with van der Waals surface area (Å²) in [5.74, 6) is 0.973. The fraction of sp³-hybridized carbons (Fsp3) is 0.467. The van der Waals surface area contributed by atoms with Gasteiger partial charge in [-0.15, -0.1) is 0 Å². The van der Waals surface area contributed by atoms with E-state index < -0.39 is 0 Å². The van der Waals surface area contributed by atoms with Crippen LogP contribution in [0.1, 0.15) is 31.7 Å². The molecular weight excluding hydrogens is 210 g/mol. The van der Waals surface area contributed by atoms with Gasteiger partial charge in [0, 0.05) is 17.5 Å². The molecule has 2 rings (SSSR count). The second kappa shape index (κ2) is 4.92. The second-order valence-corrected chi connectivity index (χ2v) is 5.08. The third-order valence-electron chi connectivity index (χ3n) is 3.63. The molecule has 1 aliphatic rings. The summed E-state index contributed by atoms with van der Waals surface area (Å²) < 4.78 is 5.83. The van der Waals surface area contributed by atoms with Crippen LogP contribution in [0.5, 0.6) is 5.75 Å². The summed E-state index contributed by atoms with van der Waals surface area (Å²) in [5, 5.41) is 0. The fourth-order valence-electron chi connectivity index (χ4n) is 2.42. The molecule has 92 valence electrons. The maximum absolute atomic E-state index is 5.95. The molecule has 1 fully saturated rings. The molecular formula is C15H21NO. The van der Waals surface area contributed by atoms with Crippen molar-refractivity contribution < 1.29 is 4.74 Å². The van der Waals surface area contributed by atoms with E-state index in [4.69, 9.17) is 10.5 Å². The van der Waals surface area contributed by atoms with Crippen molar-refractivity contribution in [2.45, 2.75) is 31.6 Å². The van der Waals surface area contributed by atoms with Crippen LogP contribution in [0.3, 0.4) is 0 Å². The molecule has 17 heavy (non-hydrogen) atoms. The highest BCUT2D eigenvalue weighted by atomic mass is 16.5. The summed E-state index contributed by atoms with van der Waals surface area (Å²) in [7, 11) is 0. The van der Waals surface area contributed by atoms with Gasteiger partial charge < -0.3 is 10.5 Å². The molecule has 2 heteroatoms. The number of hydrogen-bond donors (Lipinski definition) is 1. The Bertz CT molecular complexity index is 402. The van der Waals surface area contributed by atoms with E-state index >= 15 is 0 Å². The highest BCUT2D eigenvalue weighted by Gasteiger charge is 2.39. The number of ether oxygens (including phenoxy) is 1. The van der Waals surface area contributed by atoms with Crippen LogP contribution in [-0.4, -0.2) is 13.2 Å². The van der Waals surface area contributed by atoms with E-state index in [1.165, 1.54) is 24.8 Å². The van der Waals surface area contributed by atoms with E-state index in [9.17, 15) is 0 Å². The standard InChI is InChI=1S/C15H21NO/c1-12(2)10-17-14-7-4-3-6-13(14)15(11-16)8-5-9-15/h3-4,6-7H,1,5,8-11,16H2,2H3. The van der Waals surface area contributed by atoms with Crippen molar-refractivity contribution in [3.8, 4) is 5.75 Å². The van der Waals surface area contributed by atoms with Crippen molar-refractivity contribution in [2.75, 3.05) is 13.2 Å². The first-order chi connectivity index (χ1) is 8.18. The molecule has 0 saturated heterocycles. The Balaban J connectivity index is 2.24. The Kier molecular flexibility index (Phi) is 3.53. The average molecular weight is 231 g/mol. The predicted octanol–water partition coefficient (Wildman–Crippen LogP) is 3.02. The molecule has 1 saturated carbocycles. The van der Waals surface area contributed by atoms with Crippen LogP contribution >= 0.6 is 0 Å². The SMILES string of the molecule is C=C(C)COc1ccccc1C1(CN)CCC1. The maximum atomic E-state index is 5.95. The van der Waals surface area contributed by atoms with E-state index in [1.807, 2.05) is 19.1 Å². The van der Waals surface area contributed by atoms with Crippen molar-refractivity contribution in [1.29, 1.82) is 0 Å². The van der Waals surface area contributed by atoms with E-state index in [0.29, 0.717) is 13.2 Å². The van der Waals surface area contributed by atoms with E-state index in [0.717, 1.165) is 11.3 Å².